The first-order valence-electron chi connectivity index (χ1n) is 6.15. The molecule has 1 atom stereocenters. The quantitative estimate of drug-likeness (QED) is 0.870. The third kappa shape index (κ3) is 4.77. The highest BCUT2D eigenvalue weighted by atomic mass is 35.5. The Balaban J connectivity index is 1.93. The Morgan fingerprint density at radius 3 is 2.89 bits per heavy atom. The normalized spacial score (nSPS) is 19.5. The maximum Gasteiger partial charge on any atom is 0.322 e. The molecule has 1 aliphatic rings. The number of nitrogens with zero attached hydrogens (tertiary/aromatic N) is 3. The van der Waals surface area contributed by atoms with E-state index in [1.807, 2.05) is 13.8 Å². The van der Waals surface area contributed by atoms with Crippen molar-refractivity contribution in [2.24, 2.45) is 0 Å². The van der Waals surface area contributed by atoms with Crippen LogP contribution in [0.15, 0.2) is 0 Å². The van der Waals surface area contributed by atoms with E-state index in [9.17, 15) is 0 Å². The maximum atomic E-state index is 5.82. The highest BCUT2D eigenvalue weighted by molar-refractivity contribution is 6.28. The van der Waals surface area contributed by atoms with Crippen LogP contribution in [0.4, 0.5) is 5.95 Å². The lowest BCUT2D eigenvalue weighted by Gasteiger charge is -2.23. The van der Waals surface area contributed by atoms with Crippen molar-refractivity contribution in [2.45, 2.75) is 26.1 Å². The van der Waals surface area contributed by atoms with Gasteiger partial charge in [0.15, 0.2) is 0 Å². The standard InChI is InChI=1S/C11H17ClN4O3/c1-7(2)19-11-15-9(12)14-10(16-11)13-5-8-6-17-3-4-18-8/h7-8H,3-6H2,1-2H3,(H,13,14,15,16). The van der Waals surface area contributed by atoms with Crippen molar-refractivity contribution in [3.63, 3.8) is 0 Å². The van der Waals surface area contributed by atoms with Gasteiger partial charge in [-0.3, -0.25) is 0 Å². The zero-order valence-electron chi connectivity index (χ0n) is 10.9. The smallest absolute Gasteiger partial charge is 0.322 e. The van der Waals surface area contributed by atoms with Gasteiger partial charge in [0, 0.05) is 6.54 Å². The van der Waals surface area contributed by atoms with Gasteiger partial charge in [-0.15, -0.1) is 0 Å². The van der Waals surface area contributed by atoms with Gasteiger partial charge in [-0.05, 0) is 25.4 Å². The van der Waals surface area contributed by atoms with E-state index in [-0.39, 0.29) is 23.5 Å². The fraction of sp³-hybridized carbons (Fsp3) is 0.727. The Morgan fingerprint density at radius 1 is 1.37 bits per heavy atom. The molecular weight excluding hydrogens is 272 g/mol. The summed E-state index contributed by atoms with van der Waals surface area (Å²) in [7, 11) is 0. The van der Waals surface area contributed by atoms with Crippen molar-refractivity contribution in [3.05, 3.63) is 5.28 Å². The monoisotopic (exact) mass is 288 g/mol. The van der Waals surface area contributed by atoms with E-state index in [4.69, 9.17) is 25.8 Å². The Morgan fingerprint density at radius 2 is 2.21 bits per heavy atom. The highest BCUT2D eigenvalue weighted by Crippen LogP contribution is 2.13. The third-order valence-electron chi connectivity index (χ3n) is 2.30. The summed E-state index contributed by atoms with van der Waals surface area (Å²) in [5, 5.41) is 3.13. The first-order valence-corrected chi connectivity index (χ1v) is 6.52. The summed E-state index contributed by atoms with van der Waals surface area (Å²) in [5.41, 5.74) is 0. The van der Waals surface area contributed by atoms with Crippen molar-refractivity contribution >= 4 is 17.5 Å². The summed E-state index contributed by atoms with van der Waals surface area (Å²) in [4.78, 5) is 12.0. The molecule has 1 aromatic rings. The molecule has 19 heavy (non-hydrogen) atoms. The number of ether oxygens (including phenoxy) is 3. The Kier molecular flexibility index (Phi) is 5.12. The minimum atomic E-state index is -0.0265. The largest absolute Gasteiger partial charge is 0.461 e. The summed E-state index contributed by atoms with van der Waals surface area (Å²) in [6.45, 7) is 6.12. The van der Waals surface area contributed by atoms with Gasteiger partial charge in [0.05, 0.1) is 32.0 Å². The van der Waals surface area contributed by atoms with Crippen molar-refractivity contribution < 1.29 is 14.2 Å². The van der Waals surface area contributed by atoms with Crippen molar-refractivity contribution in [2.75, 3.05) is 31.7 Å². The van der Waals surface area contributed by atoms with Crippen LogP contribution in [0, 0.1) is 0 Å². The second-order valence-corrected chi connectivity index (χ2v) is 4.66. The maximum absolute atomic E-state index is 5.82. The van der Waals surface area contributed by atoms with Crippen molar-refractivity contribution in [3.8, 4) is 6.01 Å². The van der Waals surface area contributed by atoms with Gasteiger partial charge in [0.2, 0.25) is 11.2 Å². The number of hydrogen-bond donors (Lipinski definition) is 1. The molecule has 0 saturated carbocycles. The topological polar surface area (TPSA) is 78.4 Å². The van der Waals surface area contributed by atoms with Gasteiger partial charge < -0.3 is 19.5 Å². The lowest BCUT2D eigenvalue weighted by atomic mass is 10.3. The summed E-state index contributed by atoms with van der Waals surface area (Å²) < 4.78 is 16.2. The lowest BCUT2D eigenvalue weighted by Crippen LogP contribution is -2.34. The van der Waals surface area contributed by atoms with Crippen LogP contribution >= 0.6 is 11.6 Å². The van der Waals surface area contributed by atoms with Crippen molar-refractivity contribution in [1.29, 1.82) is 0 Å². The molecule has 2 rings (SSSR count). The molecule has 0 spiro atoms. The number of hydrogen-bond acceptors (Lipinski definition) is 7. The van der Waals surface area contributed by atoms with E-state index in [1.54, 1.807) is 0 Å². The molecule has 106 valence electrons. The first-order chi connectivity index (χ1) is 9.13. The predicted octanol–water partition coefficient (Wildman–Crippen LogP) is 1.14. The number of halogens is 1. The summed E-state index contributed by atoms with van der Waals surface area (Å²) in [5.74, 6) is 0.366. The van der Waals surface area contributed by atoms with Crippen LogP contribution in [0.2, 0.25) is 5.28 Å². The van der Waals surface area contributed by atoms with E-state index in [1.165, 1.54) is 0 Å². The molecule has 1 unspecified atom stereocenters. The average Bonchev–Trinajstić information content (AvgIpc) is 2.36. The minimum absolute atomic E-state index is 0.0150. The molecule has 8 heteroatoms. The highest BCUT2D eigenvalue weighted by Gasteiger charge is 2.15. The van der Waals surface area contributed by atoms with Gasteiger partial charge in [-0.2, -0.15) is 15.0 Å². The molecule has 1 fully saturated rings. The van der Waals surface area contributed by atoms with Gasteiger partial charge >= 0.3 is 6.01 Å². The molecule has 0 aromatic carbocycles. The molecular formula is C11H17ClN4O3. The fourth-order valence-electron chi connectivity index (χ4n) is 1.53. The van der Waals surface area contributed by atoms with Crippen LogP contribution in [0.25, 0.3) is 0 Å². The van der Waals surface area contributed by atoms with E-state index in [2.05, 4.69) is 20.3 Å². The summed E-state index contributed by atoms with van der Waals surface area (Å²) in [6.07, 6.45) is -0.0415. The molecule has 0 amide bonds. The number of aromatic nitrogens is 3. The second-order valence-electron chi connectivity index (χ2n) is 4.33. The molecule has 2 heterocycles. The van der Waals surface area contributed by atoms with Crippen LogP contribution < -0.4 is 10.1 Å². The molecule has 7 nitrogen and oxygen atoms in total. The molecule has 1 aliphatic heterocycles. The zero-order valence-corrected chi connectivity index (χ0v) is 11.7. The summed E-state index contributed by atoms with van der Waals surface area (Å²) >= 11 is 5.82. The second kappa shape index (κ2) is 6.83. The molecule has 1 aromatic heterocycles. The van der Waals surface area contributed by atoms with Gasteiger partial charge in [-0.1, -0.05) is 0 Å². The van der Waals surface area contributed by atoms with Crippen LogP contribution in [0.5, 0.6) is 6.01 Å². The molecule has 0 bridgehead atoms. The Bertz CT molecular complexity index is 413. The first kappa shape index (κ1) is 14.2. The molecule has 1 saturated heterocycles. The number of anilines is 1. The lowest BCUT2D eigenvalue weighted by molar-refractivity contribution is -0.0819. The summed E-state index contributed by atoms with van der Waals surface area (Å²) in [6, 6.07) is 0.207. The molecule has 0 aliphatic carbocycles. The van der Waals surface area contributed by atoms with E-state index in [0.29, 0.717) is 32.3 Å². The van der Waals surface area contributed by atoms with Crippen LogP contribution in [-0.2, 0) is 9.47 Å². The Hall–Kier alpha value is -1.18. The van der Waals surface area contributed by atoms with E-state index >= 15 is 0 Å². The number of nitrogens with one attached hydrogen (secondary N) is 1. The third-order valence-corrected chi connectivity index (χ3v) is 2.47. The van der Waals surface area contributed by atoms with E-state index in [0.717, 1.165) is 0 Å². The fourth-order valence-corrected chi connectivity index (χ4v) is 1.69. The van der Waals surface area contributed by atoms with Crippen LogP contribution in [0.1, 0.15) is 13.8 Å². The van der Waals surface area contributed by atoms with Crippen LogP contribution in [0.3, 0.4) is 0 Å². The minimum Gasteiger partial charge on any atom is -0.461 e. The van der Waals surface area contributed by atoms with Crippen molar-refractivity contribution in [1.82, 2.24) is 15.0 Å². The zero-order chi connectivity index (χ0) is 13.7. The Labute approximate surface area is 116 Å². The van der Waals surface area contributed by atoms with Crippen LogP contribution in [-0.4, -0.2) is 53.5 Å². The van der Waals surface area contributed by atoms with Gasteiger partial charge in [0.25, 0.3) is 0 Å². The molecule has 0 radical (unpaired) electrons. The SMILES string of the molecule is CC(C)Oc1nc(Cl)nc(NCC2COCCO2)n1. The average molecular weight is 289 g/mol. The number of rotatable bonds is 5. The predicted molar refractivity (Wildman–Crippen MR) is 69.6 cm³/mol. The van der Waals surface area contributed by atoms with Gasteiger partial charge in [0.1, 0.15) is 0 Å². The van der Waals surface area contributed by atoms with Gasteiger partial charge in [-0.25, -0.2) is 0 Å². The van der Waals surface area contributed by atoms with E-state index < -0.39 is 0 Å². The molecule has 1 N–H and O–H groups in total.